The van der Waals surface area contributed by atoms with Crippen LogP contribution < -0.4 is 4.74 Å². The van der Waals surface area contributed by atoms with E-state index in [0.29, 0.717) is 15.8 Å². The Balaban J connectivity index is 2.26. The van der Waals surface area contributed by atoms with Crippen molar-refractivity contribution in [1.82, 2.24) is 0 Å². The number of hydrogen-bond acceptors (Lipinski definition) is 3. The molecule has 0 aliphatic heterocycles. The van der Waals surface area contributed by atoms with Gasteiger partial charge in [-0.15, -0.1) is 0 Å². The average Bonchev–Trinajstić information content (AvgIpc) is 2.50. The fraction of sp³-hybridized carbons (Fsp3) is 0.167. The van der Waals surface area contributed by atoms with Crippen molar-refractivity contribution in [3.05, 3.63) is 63.1 Å². The number of hydrogen-bond donors (Lipinski definition) is 1. The van der Waals surface area contributed by atoms with Crippen LogP contribution in [0.25, 0.3) is 6.08 Å². The summed E-state index contributed by atoms with van der Waals surface area (Å²) in [6, 6.07) is 9.04. The number of aromatic hydroxyl groups is 1. The number of phenolic OH excluding ortho intramolecular Hbond substituents is 1. The molecule has 2 aromatic rings. The van der Waals surface area contributed by atoms with E-state index in [1.807, 2.05) is 32.0 Å². The zero-order valence-electron chi connectivity index (χ0n) is 12.7. The standard InChI is InChI=1S/C18H17BrO3/c1-11-4-6-14(8-12(11)2)16(20)7-5-13-9-15(19)18(21)17(10-13)22-3/h4-10,21H,1-3H3. The van der Waals surface area contributed by atoms with Crippen LogP contribution in [-0.4, -0.2) is 18.0 Å². The number of benzene rings is 2. The molecule has 114 valence electrons. The van der Waals surface area contributed by atoms with Crippen molar-refractivity contribution in [3.8, 4) is 11.5 Å². The minimum absolute atomic E-state index is 0.0418. The van der Waals surface area contributed by atoms with Crippen molar-refractivity contribution in [2.45, 2.75) is 13.8 Å². The monoisotopic (exact) mass is 360 g/mol. The van der Waals surface area contributed by atoms with E-state index in [0.717, 1.165) is 16.7 Å². The van der Waals surface area contributed by atoms with E-state index >= 15 is 0 Å². The highest BCUT2D eigenvalue weighted by atomic mass is 79.9. The summed E-state index contributed by atoms with van der Waals surface area (Å²) in [5.41, 5.74) is 3.67. The molecule has 0 aromatic heterocycles. The van der Waals surface area contributed by atoms with E-state index in [-0.39, 0.29) is 11.5 Å². The lowest BCUT2D eigenvalue weighted by atomic mass is 10.0. The molecule has 0 atom stereocenters. The highest BCUT2D eigenvalue weighted by Gasteiger charge is 2.08. The minimum Gasteiger partial charge on any atom is -0.503 e. The molecule has 0 heterocycles. The topological polar surface area (TPSA) is 46.5 Å². The van der Waals surface area contributed by atoms with Crippen LogP contribution in [0.2, 0.25) is 0 Å². The summed E-state index contributed by atoms with van der Waals surface area (Å²) in [6.45, 7) is 4.00. The van der Waals surface area contributed by atoms with Gasteiger partial charge in [-0.05, 0) is 70.7 Å². The second-order valence-electron chi connectivity index (χ2n) is 5.05. The van der Waals surface area contributed by atoms with Gasteiger partial charge in [0.05, 0.1) is 11.6 Å². The molecular formula is C18H17BrO3. The van der Waals surface area contributed by atoms with Crippen molar-refractivity contribution < 1.29 is 14.6 Å². The lowest BCUT2D eigenvalue weighted by molar-refractivity contribution is 0.104. The predicted molar refractivity (Wildman–Crippen MR) is 91.6 cm³/mol. The zero-order valence-corrected chi connectivity index (χ0v) is 14.3. The summed E-state index contributed by atoms with van der Waals surface area (Å²) >= 11 is 3.26. The van der Waals surface area contributed by atoms with Gasteiger partial charge in [-0.3, -0.25) is 4.79 Å². The molecule has 0 spiro atoms. The average molecular weight is 361 g/mol. The molecule has 0 aliphatic rings. The van der Waals surface area contributed by atoms with E-state index < -0.39 is 0 Å². The Kier molecular flexibility index (Phi) is 5.03. The molecule has 0 saturated carbocycles. The Morgan fingerprint density at radius 1 is 1.18 bits per heavy atom. The molecule has 2 aromatic carbocycles. The number of allylic oxidation sites excluding steroid dienone is 1. The van der Waals surface area contributed by atoms with Gasteiger partial charge in [0.2, 0.25) is 0 Å². The van der Waals surface area contributed by atoms with Gasteiger partial charge in [-0.25, -0.2) is 0 Å². The number of aryl methyl sites for hydroxylation is 2. The van der Waals surface area contributed by atoms with Crippen molar-refractivity contribution in [2.24, 2.45) is 0 Å². The van der Waals surface area contributed by atoms with E-state index in [9.17, 15) is 9.90 Å². The highest BCUT2D eigenvalue weighted by molar-refractivity contribution is 9.10. The number of rotatable bonds is 4. The summed E-state index contributed by atoms with van der Waals surface area (Å²) < 4.78 is 5.61. The molecule has 1 N–H and O–H groups in total. The van der Waals surface area contributed by atoms with Crippen LogP contribution in [0, 0.1) is 13.8 Å². The number of ether oxygens (including phenoxy) is 1. The van der Waals surface area contributed by atoms with Crippen LogP contribution in [0.3, 0.4) is 0 Å². The second kappa shape index (κ2) is 6.79. The van der Waals surface area contributed by atoms with Crippen molar-refractivity contribution >= 4 is 27.8 Å². The maximum absolute atomic E-state index is 12.2. The maximum Gasteiger partial charge on any atom is 0.185 e. The van der Waals surface area contributed by atoms with Crippen LogP contribution in [0.1, 0.15) is 27.0 Å². The van der Waals surface area contributed by atoms with Gasteiger partial charge in [-0.1, -0.05) is 18.2 Å². The Morgan fingerprint density at radius 3 is 2.55 bits per heavy atom. The van der Waals surface area contributed by atoms with Crippen molar-refractivity contribution in [2.75, 3.05) is 7.11 Å². The van der Waals surface area contributed by atoms with E-state index in [1.165, 1.54) is 13.2 Å². The quantitative estimate of drug-likeness (QED) is 0.636. The first-order chi connectivity index (χ1) is 10.4. The molecule has 0 bridgehead atoms. The Labute approximate surface area is 138 Å². The van der Waals surface area contributed by atoms with E-state index in [1.54, 1.807) is 18.2 Å². The van der Waals surface area contributed by atoms with Gasteiger partial charge in [0.15, 0.2) is 17.3 Å². The molecule has 4 heteroatoms. The highest BCUT2D eigenvalue weighted by Crippen LogP contribution is 2.35. The van der Waals surface area contributed by atoms with Crippen LogP contribution in [0.15, 0.2) is 40.9 Å². The predicted octanol–water partition coefficient (Wildman–Crippen LogP) is 4.68. The van der Waals surface area contributed by atoms with Crippen LogP contribution >= 0.6 is 15.9 Å². The van der Waals surface area contributed by atoms with Gasteiger partial charge in [0.1, 0.15) is 0 Å². The fourth-order valence-electron chi connectivity index (χ4n) is 2.01. The largest absolute Gasteiger partial charge is 0.503 e. The van der Waals surface area contributed by atoms with Gasteiger partial charge in [-0.2, -0.15) is 0 Å². The molecule has 0 amide bonds. The lowest BCUT2D eigenvalue weighted by Crippen LogP contribution is -1.95. The Morgan fingerprint density at radius 2 is 1.91 bits per heavy atom. The number of ketones is 1. The van der Waals surface area contributed by atoms with Gasteiger partial charge in [0.25, 0.3) is 0 Å². The normalized spacial score (nSPS) is 10.9. The van der Waals surface area contributed by atoms with Crippen molar-refractivity contribution in [1.29, 1.82) is 0 Å². The van der Waals surface area contributed by atoms with Crippen LogP contribution in [-0.2, 0) is 0 Å². The molecule has 0 fully saturated rings. The molecule has 3 nitrogen and oxygen atoms in total. The third-order valence-corrected chi connectivity index (χ3v) is 4.09. The summed E-state index contributed by atoms with van der Waals surface area (Å²) in [5.74, 6) is 0.332. The first kappa shape index (κ1) is 16.3. The summed E-state index contributed by atoms with van der Waals surface area (Å²) in [4.78, 5) is 12.2. The molecular weight excluding hydrogens is 344 g/mol. The summed E-state index contributed by atoms with van der Waals surface area (Å²) in [6.07, 6.45) is 3.21. The van der Waals surface area contributed by atoms with Gasteiger partial charge >= 0.3 is 0 Å². The smallest absolute Gasteiger partial charge is 0.185 e. The van der Waals surface area contributed by atoms with Gasteiger partial charge in [0, 0.05) is 5.56 Å². The number of carbonyl (C=O) groups excluding carboxylic acids is 1. The third kappa shape index (κ3) is 3.57. The first-order valence-electron chi connectivity index (χ1n) is 6.78. The molecule has 0 aliphatic carbocycles. The number of methoxy groups -OCH3 is 1. The lowest BCUT2D eigenvalue weighted by Gasteiger charge is -2.06. The third-order valence-electron chi connectivity index (χ3n) is 3.49. The van der Waals surface area contributed by atoms with Crippen LogP contribution in [0.5, 0.6) is 11.5 Å². The number of halogens is 1. The summed E-state index contributed by atoms with van der Waals surface area (Å²) in [7, 11) is 1.48. The first-order valence-corrected chi connectivity index (χ1v) is 7.58. The Hall–Kier alpha value is -2.07. The molecule has 0 saturated heterocycles. The fourth-order valence-corrected chi connectivity index (χ4v) is 2.47. The second-order valence-corrected chi connectivity index (χ2v) is 5.90. The SMILES string of the molecule is COc1cc(C=CC(=O)c2ccc(C)c(C)c2)cc(Br)c1O. The van der Waals surface area contributed by atoms with E-state index in [4.69, 9.17) is 4.74 Å². The molecule has 0 unspecified atom stereocenters. The minimum atomic E-state index is -0.0636. The molecule has 0 radical (unpaired) electrons. The van der Waals surface area contributed by atoms with Crippen molar-refractivity contribution in [3.63, 3.8) is 0 Å². The maximum atomic E-state index is 12.2. The molecule has 2 rings (SSSR count). The summed E-state index contributed by atoms with van der Waals surface area (Å²) in [5, 5.41) is 9.77. The Bertz CT molecular complexity index is 748. The molecule has 22 heavy (non-hydrogen) atoms. The van der Waals surface area contributed by atoms with E-state index in [2.05, 4.69) is 15.9 Å². The number of carbonyl (C=O) groups is 1. The van der Waals surface area contributed by atoms with Crippen LogP contribution in [0.4, 0.5) is 0 Å². The zero-order chi connectivity index (χ0) is 16.3. The number of phenols is 1. The van der Waals surface area contributed by atoms with Gasteiger partial charge < -0.3 is 9.84 Å².